The van der Waals surface area contributed by atoms with Crippen LogP contribution < -0.4 is 0 Å². The minimum absolute atomic E-state index is 0.174. The maximum atomic E-state index is 9.72. The average Bonchev–Trinajstić information content (AvgIpc) is 2.56. The summed E-state index contributed by atoms with van der Waals surface area (Å²) in [7, 11) is 0. The first-order valence-electron chi connectivity index (χ1n) is 3.87. The Morgan fingerprint density at radius 2 is 2.38 bits per heavy atom. The maximum Gasteiger partial charge on any atom is 0.172 e. The minimum atomic E-state index is -0.678. The van der Waals surface area contributed by atoms with Crippen LogP contribution in [0.5, 0.6) is 0 Å². The van der Waals surface area contributed by atoms with Crippen molar-refractivity contribution in [1.82, 2.24) is 0 Å². The fraction of sp³-hybridized carbons (Fsp3) is 1.00. The molecule has 5 atom stereocenters. The van der Waals surface area contributed by atoms with E-state index < -0.39 is 12.1 Å². The zero-order valence-electron chi connectivity index (χ0n) is 6.58. The molecular weight excluding hydrogens is 289 g/mol. The topological polar surface area (TPSA) is 87.5 Å². The second-order valence-corrected chi connectivity index (χ2v) is 4.45. The van der Waals surface area contributed by atoms with Crippen molar-refractivity contribution in [3.63, 3.8) is 0 Å². The molecule has 0 aliphatic carbocycles. The molecule has 6 nitrogen and oxygen atoms in total. The molecule has 1 N–H and O–H groups in total. The summed E-state index contributed by atoms with van der Waals surface area (Å²) >= 11 is 2.04. The summed E-state index contributed by atoms with van der Waals surface area (Å²) in [5.41, 5.74) is 8.30. The predicted octanol–water partition coefficient (Wildman–Crippen LogP) is 0.585. The highest BCUT2D eigenvalue weighted by Crippen LogP contribution is 2.34. The summed E-state index contributed by atoms with van der Waals surface area (Å²) in [6.07, 6.45) is -1.32. The van der Waals surface area contributed by atoms with Crippen LogP contribution in [0.4, 0.5) is 0 Å². The largest absolute Gasteiger partial charge is 0.391 e. The highest BCUT2D eigenvalue weighted by molar-refractivity contribution is 14.1. The van der Waals surface area contributed by atoms with E-state index >= 15 is 0 Å². The van der Waals surface area contributed by atoms with E-state index in [1.54, 1.807) is 0 Å². The number of ether oxygens (including phenoxy) is 2. The van der Waals surface area contributed by atoms with Gasteiger partial charge in [-0.2, -0.15) is 0 Å². The molecule has 2 bridgehead atoms. The third kappa shape index (κ3) is 1.50. The van der Waals surface area contributed by atoms with Gasteiger partial charge in [0.1, 0.15) is 0 Å². The molecule has 2 aliphatic rings. The molecule has 2 saturated heterocycles. The number of hydrogen-bond acceptors (Lipinski definition) is 4. The van der Waals surface area contributed by atoms with Gasteiger partial charge in [0.15, 0.2) is 6.29 Å². The van der Waals surface area contributed by atoms with Gasteiger partial charge in [-0.05, 0) is 5.53 Å². The zero-order chi connectivity index (χ0) is 9.42. The van der Waals surface area contributed by atoms with Crippen LogP contribution in [0, 0.1) is 0 Å². The van der Waals surface area contributed by atoms with E-state index in [0.717, 1.165) is 0 Å². The standard InChI is InChI=1S/C6H8IN3O3/c7-3-5(11)4(9-10-8)2-1-12-6(3)13-2/h2-6,11H,1H2/t2-,3-,4-,5-,6-/m1/s1. The Kier molecular flexibility index (Phi) is 2.61. The Balaban J connectivity index is 2.21. The molecule has 7 heteroatoms. The number of fused-ring (bicyclic) bond motifs is 2. The lowest BCUT2D eigenvalue weighted by atomic mass is 10.0. The highest BCUT2D eigenvalue weighted by Gasteiger charge is 2.48. The van der Waals surface area contributed by atoms with E-state index in [-0.39, 0.29) is 16.3 Å². The third-order valence-electron chi connectivity index (χ3n) is 2.24. The molecule has 0 aromatic carbocycles. The summed E-state index contributed by atoms with van der Waals surface area (Å²) in [5, 5.41) is 13.2. The number of aliphatic hydroxyl groups excluding tert-OH is 1. The van der Waals surface area contributed by atoms with Gasteiger partial charge in [0, 0.05) is 4.91 Å². The van der Waals surface area contributed by atoms with Crippen LogP contribution in [-0.2, 0) is 9.47 Å². The van der Waals surface area contributed by atoms with Crippen molar-refractivity contribution >= 4 is 22.6 Å². The first kappa shape index (κ1) is 9.47. The Hall–Kier alpha value is -0.0800. The van der Waals surface area contributed by atoms with Gasteiger partial charge in [0.25, 0.3) is 0 Å². The minimum Gasteiger partial charge on any atom is -0.391 e. The van der Waals surface area contributed by atoms with Crippen LogP contribution in [0.1, 0.15) is 0 Å². The van der Waals surface area contributed by atoms with Crippen molar-refractivity contribution in [3.8, 4) is 0 Å². The summed E-state index contributed by atoms with van der Waals surface area (Å²) in [4.78, 5) is 2.69. The smallest absolute Gasteiger partial charge is 0.172 e. The molecule has 2 rings (SSSR count). The fourth-order valence-corrected chi connectivity index (χ4v) is 2.36. The Labute approximate surface area is 88.0 Å². The van der Waals surface area contributed by atoms with Gasteiger partial charge in [0.05, 0.1) is 28.8 Å². The second-order valence-electron chi connectivity index (χ2n) is 3.01. The molecule has 0 spiro atoms. The average molecular weight is 297 g/mol. The lowest BCUT2D eigenvalue weighted by Gasteiger charge is -2.32. The van der Waals surface area contributed by atoms with Crippen molar-refractivity contribution in [2.24, 2.45) is 5.11 Å². The van der Waals surface area contributed by atoms with Gasteiger partial charge in [-0.1, -0.05) is 27.7 Å². The number of halogens is 1. The molecule has 0 saturated carbocycles. The van der Waals surface area contributed by atoms with Gasteiger partial charge >= 0.3 is 0 Å². The van der Waals surface area contributed by atoms with E-state index in [9.17, 15) is 5.11 Å². The van der Waals surface area contributed by atoms with E-state index in [1.807, 2.05) is 22.6 Å². The predicted molar refractivity (Wildman–Crippen MR) is 51.4 cm³/mol. The molecule has 0 amide bonds. The van der Waals surface area contributed by atoms with E-state index in [2.05, 4.69) is 10.0 Å². The first-order chi connectivity index (χ1) is 6.24. The van der Waals surface area contributed by atoms with Crippen LogP contribution in [0.3, 0.4) is 0 Å². The van der Waals surface area contributed by atoms with Crippen LogP contribution >= 0.6 is 22.6 Å². The number of hydrogen-bond donors (Lipinski definition) is 1. The number of aliphatic hydroxyl groups is 1. The Morgan fingerprint density at radius 3 is 3.08 bits per heavy atom. The van der Waals surface area contributed by atoms with E-state index in [0.29, 0.717) is 6.61 Å². The van der Waals surface area contributed by atoms with Crippen molar-refractivity contribution in [3.05, 3.63) is 10.4 Å². The summed E-state index contributed by atoms with van der Waals surface area (Å²) in [6, 6.07) is -0.523. The molecule has 2 aliphatic heterocycles. The zero-order valence-corrected chi connectivity index (χ0v) is 8.73. The fourth-order valence-electron chi connectivity index (χ4n) is 1.56. The van der Waals surface area contributed by atoms with Crippen molar-refractivity contribution < 1.29 is 14.6 Å². The van der Waals surface area contributed by atoms with Crippen LogP contribution in [0.15, 0.2) is 5.11 Å². The number of rotatable bonds is 1. The van der Waals surface area contributed by atoms with Crippen molar-refractivity contribution in [1.29, 1.82) is 0 Å². The lowest BCUT2D eigenvalue weighted by Crippen LogP contribution is -2.50. The molecule has 72 valence electrons. The van der Waals surface area contributed by atoms with Crippen molar-refractivity contribution in [2.45, 2.75) is 28.5 Å². The normalized spacial score (nSPS) is 48.6. The Morgan fingerprint density at radius 1 is 1.62 bits per heavy atom. The first-order valence-corrected chi connectivity index (χ1v) is 5.12. The van der Waals surface area contributed by atoms with Crippen LogP contribution in [-0.4, -0.2) is 40.2 Å². The van der Waals surface area contributed by atoms with Gasteiger partial charge in [-0.25, -0.2) is 0 Å². The molecular formula is C6H8IN3O3. The van der Waals surface area contributed by atoms with E-state index in [1.165, 1.54) is 0 Å². The second kappa shape index (κ2) is 3.58. The number of azide groups is 1. The third-order valence-corrected chi connectivity index (χ3v) is 3.56. The number of nitrogens with zero attached hydrogens (tertiary/aromatic N) is 3. The monoisotopic (exact) mass is 297 g/mol. The SMILES string of the molecule is [N-]=[N+]=N[C@H]1[C@H](O)[C@@H](I)[C@@H]2OC[C@H]1O2. The molecule has 0 aromatic heterocycles. The summed E-state index contributed by atoms with van der Waals surface area (Å²) in [6.45, 7) is 0.394. The molecule has 13 heavy (non-hydrogen) atoms. The van der Waals surface area contributed by atoms with Gasteiger partial charge in [-0.15, -0.1) is 0 Å². The quantitative estimate of drug-likeness (QED) is 0.252. The van der Waals surface area contributed by atoms with Gasteiger partial charge < -0.3 is 14.6 Å². The summed E-state index contributed by atoms with van der Waals surface area (Å²) in [5.74, 6) is 0. The van der Waals surface area contributed by atoms with Crippen LogP contribution in [0.25, 0.3) is 10.4 Å². The number of alkyl halides is 1. The molecule has 2 heterocycles. The summed E-state index contributed by atoms with van der Waals surface area (Å²) < 4.78 is 10.5. The molecule has 0 aromatic rings. The Bertz CT molecular complexity index is 258. The van der Waals surface area contributed by atoms with Gasteiger partial charge in [0.2, 0.25) is 0 Å². The molecule has 0 radical (unpaired) electrons. The van der Waals surface area contributed by atoms with E-state index in [4.69, 9.17) is 15.0 Å². The maximum absolute atomic E-state index is 9.72. The molecule has 0 unspecified atom stereocenters. The molecule has 2 fully saturated rings. The highest BCUT2D eigenvalue weighted by atomic mass is 127. The van der Waals surface area contributed by atoms with Crippen molar-refractivity contribution in [2.75, 3.05) is 6.61 Å². The van der Waals surface area contributed by atoms with Gasteiger partial charge in [-0.3, -0.25) is 0 Å². The lowest BCUT2D eigenvalue weighted by molar-refractivity contribution is -0.113. The van der Waals surface area contributed by atoms with Crippen LogP contribution in [0.2, 0.25) is 0 Å².